The molecule has 0 spiro atoms. The van der Waals surface area contributed by atoms with Crippen LogP contribution >= 0.6 is 0 Å². The first-order valence-corrected chi connectivity index (χ1v) is 21.7. The summed E-state index contributed by atoms with van der Waals surface area (Å²) >= 11 is 0. The van der Waals surface area contributed by atoms with Gasteiger partial charge in [-0.25, -0.2) is 0 Å². The van der Waals surface area contributed by atoms with Crippen molar-refractivity contribution in [2.75, 3.05) is 0 Å². The molecule has 0 amide bonds. The van der Waals surface area contributed by atoms with Crippen LogP contribution in [0.3, 0.4) is 0 Å². The summed E-state index contributed by atoms with van der Waals surface area (Å²) in [5.41, 5.74) is 9.18. The fourth-order valence-electron chi connectivity index (χ4n) is 10.6. The Hall–Kier alpha value is -0.0862. The van der Waals surface area contributed by atoms with E-state index in [1.54, 1.807) is 44.1 Å². The third-order valence-corrected chi connectivity index (χ3v) is 27.3. The Kier molecular flexibility index (Phi) is 11.9. The van der Waals surface area contributed by atoms with Crippen LogP contribution in [0, 0.1) is 5.92 Å². The van der Waals surface area contributed by atoms with E-state index in [1.807, 2.05) is 0 Å². The second-order valence-electron chi connectivity index (χ2n) is 15.3. The molecule has 0 radical (unpaired) electrons. The lowest BCUT2D eigenvalue weighted by molar-refractivity contribution is 0.380. The molecule has 0 bridgehead atoms. The maximum Gasteiger partial charge on any atom is 0.0669 e. The molecule has 214 valence electrons. The van der Waals surface area contributed by atoms with Gasteiger partial charge in [-0.1, -0.05) is 152 Å². The van der Waals surface area contributed by atoms with Crippen molar-refractivity contribution in [3.63, 3.8) is 0 Å². The maximum absolute atomic E-state index is 4.58. The highest BCUT2D eigenvalue weighted by Gasteiger charge is 2.52. The van der Waals surface area contributed by atoms with E-state index in [1.165, 1.54) is 69.0 Å². The zero-order valence-corrected chi connectivity index (χ0v) is 28.6. The Bertz CT molecular complexity index is 685. The van der Waals surface area contributed by atoms with Crippen molar-refractivity contribution in [3.8, 4) is 0 Å². The van der Waals surface area contributed by atoms with Crippen molar-refractivity contribution in [1.82, 2.24) is 0 Å². The molecule has 0 atom stereocenters. The van der Waals surface area contributed by atoms with Crippen molar-refractivity contribution in [3.05, 3.63) is 23.8 Å². The Balaban J connectivity index is 1.79. The minimum absolute atomic E-state index is 0.851. The predicted molar refractivity (Wildman–Crippen MR) is 174 cm³/mol. The normalized spacial score (nSPS) is 25.9. The van der Waals surface area contributed by atoms with Crippen LogP contribution in [0.4, 0.5) is 0 Å². The standard InChI is InChI=1S/C35H66Si2/c1-27(2)25-37(33-16-12-10-13-17-33,34-18-14-11-15-19-34)35-22-20-32(21-23-35)24-31(9)26-36(28(3)4,29(5)6)30(7)8/h24,28-30,32-35H,1,10-23,25-26H2,2-9H3/b31-24-. The SMILES string of the molecule is C=C(C)C[Si](C1CCCCC1)(C1CCCCC1)C1CCC(/C=C(/C)C[Si](C(C)C)(C(C)C)C(C)C)CC1. The van der Waals surface area contributed by atoms with E-state index in [0.717, 1.165) is 39.2 Å². The summed E-state index contributed by atoms with van der Waals surface area (Å²) in [6.45, 7) is 24.7. The molecule has 37 heavy (non-hydrogen) atoms. The zero-order chi connectivity index (χ0) is 27.2. The van der Waals surface area contributed by atoms with Gasteiger partial charge in [0.2, 0.25) is 0 Å². The van der Waals surface area contributed by atoms with Crippen LogP contribution in [0.2, 0.25) is 45.3 Å². The van der Waals surface area contributed by atoms with Gasteiger partial charge in [-0.2, -0.15) is 0 Å². The minimum atomic E-state index is -1.42. The van der Waals surface area contributed by atoms with Gasteiger partial charge >= 0.3 is 0 Å². The van der Waals surface area contributed by atoms with Crippen LogP contribution in [0.25, 0.3) is 0 Å². The second kappa shape index (κ2) is 14.0. The summed E-state index contributed by atoms with van der Waals surface area (Å²) in [7, 11) is -2.78. The van der Waals surface area contributed by atoms with E-state index in [-0.39, 0.29) is 0 Å². The van der Waals surface area contributed by atoms with Gasteiger partial charge in [-0.05, 0) is 61.3 Å². The monoisotopic (exact) mass is 542 g/mol. The molecule has 3 rings (SSSR count). The molecule has 0 unspecified atom stereocenters. The Morgan fingerprint density at radius 3 is 1.41 bits per heavy atom. The molecule has 3 fully saturated rings. The van der Waals surface area contributed by atoms with Gasteiger partial charge < -0.3 is 0 Å². The Labute approximate surface area is 236 Å². The molecule has 0 nitrogen and oxygen atoms in total. The van der Waals surface area contributed by atoms with Crippen LogP contribution < -0.4 is 0 Å². The molecule has 3 aliphatic rings. The first kappa shape index (κ1) is 31.4. The number of rotatable bonds is 11. The van der Waals surface area contributed by atoms with Gasteiger partial charge in [0.1, 0.15) is 0 Å². The van der Waals surface area contributed by atoms with E-state index >= 15 is 0 Å². The molecule has 0 heterocycles. The lowest BCUT2D eigenvalue weighted by atomic mass is 9.87. The topological polar surface area (TPSA) is 0 Å². The zero-order valence-electron chi connectivity index (χ0n) is 26.6. The van der Waals surface area contributed by atoms with Crippen molar-refractivity contribution in [2.45, 2.75) is 191 Å². The molecule has 0 N–H and O–H groups in total. The minimum Gasteiger partial charge on any atom is -0.100 e. The number of hydrogen-bond donors (Lipinski definition) is 0. The summed E-state index contributed by atoms with van der Waals surface area (Å²) in [6.07, 6.45) is 24.2. The summed E-state index contributed by atoms with van der Waals surface area (Å²) in [5.74, 6) is 0.851. The van der Waals surface area contributed by atoms with Crippen LogP contribution in [-0.4, -0.2) is 16.1 Å². The van der Waals surface area contributed by atoms with Crippen molar-refractivity contribution >= 4 is 16.1 Å². The molecule has 0 saturated heterocycles. The lowest BCUT2D eigenvalue weighted by Crippen LogP contribution is -2.51. The summed E-state index contributed by atoms with van der Waals surface area (Å²) in [6, 6.07) is 2.90. The number of allylic oxidation sites excluding steroid dienone is 3. The van der Waals surface area contributed by atoms with E-state index < -0.39 is 16.1 Å². The van der Waals surface area contributed by atoms with Gasteiger partial charge in [0, 0.05) is 0 Å². The summed E-state index contributed by atoms with van der Waals surface area (Å²) in [4.78, 5) is 0. The van der Waals surface area contributed by atoms with E-state index in [2.05, 4.69) is 68.0 Å². The molecule has 0 aromatic heterocycles. The fourth-order valence-corrected chi connectivity index (χ4v) is 25.2. The second-order valence-corrected chi connectivity index (χ2v) is 26.4. The quantitative estimate of drug-likeness (QED) is 0.180. The molecule has 0 aromatic rings. The smallest absolute Gasteiger partial charge is 0.0669 e. The van der Waals surface area contributed by atoms with E-state index in [0.29, 0.717) is 0 Å². The average molecular weight is 543 g/mol. The van der Waals surface area contributed by atoms with Crippen molar-refractivity contribution in [2.24, 2.45) is 5.92 Å². The van der Waals surface area contributed by atoms with Gasteiger partial charge in [0.15, 0.2) is 0 Å². The van der Waals surface area contributed by atoms with E-state index in [9.17, 15) is 0 Å². The van der Waals surface area contributed by atoms with Crippen LogP contribution in [-0.2, 0) is 0 Å². The van der Waals surface area contributed by atoms with Gasteiger partial charge in [0.05, 0.1) is 16.1 Å². The third kappa shape index (κ3) is 7.17. The van der Waals surface area contributed by atoms with E-state index in [4.69, 9.17) is 0 Å². The number of hydrogen-bond acceptors (Lipinski definition) is 0. The largest absolute Gasteiger partial charge is 0.100 e. The van der Waals surface area contributed by atoms with Gasteiger partial charge in [0.25, 0.3) is 0 Å². The van der Waals surface area contributed by atoms with Crippen LogP contribution in [0.1, 0.15) is 145 Å². The summed E-state index contributed by atoms with van der Waals surface area (Å²) < 4.78 is 0. The average Bonchev–Trinajstić information content (AvgIpc) is 2.86. The predicted octanol–water partition coefficient (Wildman–Crippen LogP) is 12.9. The summed E-state index contributed by atoms with van der Waals surface area (Å²) in [5, 5.41) is 0. The molecule has 3 saturated carbocycles. The highest BCUT2D eigenvalue weighted by atomic mass is 28.3. The highest BCUT2D eigenvalue weighted by molar-refractivity contribution is 6.84. The maximum atomic E-state index is 4.58. The van der Waals surface area contributed by atoms with Crippen LogP contribution in [0.15, 0.2) is 23.8 Å². The highest BCUT2D eigenvalue weighted by Crippen LogP contribution is 2.60. The molecular weight excluding hydrogens is 477 g/mol. The van der Waals surface area contributed by atoms with Crippen molar-refractivity contribution < 1.29 is 0 Å². The fraction of sp³-hybridized carbons (Fsp3) is 0.886. The third-order valence-electron chi connectivity index (χ3n) is 12.2. The molecule has 0 aromatic carbocycles. The Morgan fingerprint density at radius 1 is 0.622 bits per heavy atom. The first-order valence-electron chi connectivity index (χ1n) is 16.9. The Morgan fingerprint density at radius 2 is 1.03 bits per heavy atom. The van der Waals surface area contributed by atoms with Crippen LogP contribution in [0.5, 0.6) is 0 Å². The van der Waals surface area contributed by atoms with Gasteiger partial charge in [-0.15, -0.1) is 6.58 Å². The molecule has 2 heteroatoms. The first-order chi connectivity index (χ1) is 17.5. The van der Waals surface area contributed by atoms with Gasteiger partial charge in [-0.3, -0.25) is 0 Å². The molecule has 0 aliphatic heterocycles. The van der Waals surface area contributed by atoms with Crippen molar-refractivity contribution in [1.29, 1.82) is 0 Å². The molecular formula is C35H66Si2. The lowest BCUT2D eigenvalue weighted by Gasteiger charge is -2.54. The molecule has 3 aliphatic carbocycles.